The second-order valence-electron chi connectivity index (χ2n) is 7.29. The van der Waals surface area contributed by atoms with Crippen LogP contribution in [-0.4, -0.2) is 67.6 Å². The third kappa shape index (κ3) is 6.43. The second-order valence-corrected chi connectivity index (χ2v) is 10.4. The minimum absolute atomic E-state index is 0.0784. The third-order valence-electron chi connectivity index (χ3n) is 5.47. The highest BCUT2D eigenvalue weighted by Gasteiger charge is 2.49. The Bertz CT molecular complexity index is 562. The smallest absolute Gasteiger partial charge is 0.442 e. The van der Waals surface area contributed by atoms with Crippen molar-refractivity contribution in [2.24, 2.45) is 11.8 Å². The van der Waals surface area contributed by atoms with Gasteiger partial charge in [-0.1, -0.05) is 25.5 Å². The summed E-state index contributed by atoms with van der Waals surface area (Å²) in [5.41, 5.74) is 0. The van der Waals surface area contributed by atoms with E-state index in [1.54, 1.807) is 21.3 Å². The maximum absolute atomic E-state index is 12.3. The largest absolute Gasteiger partial charge is 0.500 e. The van der Waals surface area contributed by atoms with Gasteiger partial charge in [0.2, 0.25) is 0 Å². The molecule has 0 aromatic heterocycles. The number of alkyl carbamates (subject to hydrolysis) is 2. The molecule has 1 saturated carbocycles. The van der Waals surface area contributed by atoms with Crippen molar-refractivity contribution in [1.82, 2.24) is 10.6 Å². The van der Waals surface area contributed by atoms with E-state index in [2.05, 4.69) is 17.6 Å². The number of hydrogen-bond donors (Lipinski definition) is 2. The van der Waals surface area contributed by atoms with Crippen molar-refractivity contribution in [2.45, 2.75) is 50.9 Å². The Labute approximate surface area is 173 Å². The first kappa shape index (κ1) is 23.7. The first-order chi connectivity index (χ1) is 14.0. The summed E-state index contributed by atoms with van der Waals surface area (Å²) in [6.07, 6.45) is 5.53. The van der Waals surface area contributed by atoms with Crippen LogP contribution in [0.1, 0.15) is 32.6 Å². The molecule has 0 aliphatic heterocycles. The molecular formula is C19H34N2O7Si. The zero-order valence-electron chi connectivity index (χ0n) is 17.8. The molecule has 4 unspecified atom stereocenters. The maximum atomic E-state index is 12.3. The van der Waals surface area contributed by atoms with Gasteiger partial charge in [0, 0.05) is 52.3 Å². The van der Waals surface area contributed by atoms with Crippen LogP contribution in [0.2, 0.25) is 6.04 Å². The molecule has 4 atom stereocenters. The minimum atomic E-state index is -2.65. The molecular weight excluding hydrogens is 396 g/mol. The Balaban J connectivity index is 1.77. The average molecular weight is 431 g/mol. The predicted molar refractivity (Wildman–Crippen MR) is 108 cm³/mol. The molecule has 0 spiro atoms. The zero-order valence-corrected chi connectivity index (χ0v) is 18.8. The minimum Gasteiger partial charge on any atom is -0.442 e. The molecule has 29 heavy (non-hydrogen) atoms. The number of rotatable bonds is 12. The fourth-order valence-corrected chi connectivity index (χ4v) is 5.51. The average Bonchev–Trinajstić information content (AvgIpc) is 3.32. The van der Waals surface area contributed by atoms with Crippen LogP contribution in [0.3, 0.4) is 0 Å². The summed E-state index contributed by atoms with van der Waals surface area (Å²) in [6.45, 7) is 3.04. The van der Waals surface area contributed by atoms with Crippen LogP contribution in [0.5, 0.6) is 0 Å². The quantitative estimate of drug-likeness (QED) is 0.278. The standard InChI is InChI=1S/C19H34N2O7Si/c1-5-6-10-20-18(22)27-16-14-8-9-15(13-14)17(16)28-19(23)21-11-7-12-29(24-2,25-3)26-4/h8-9,14-17H,5-7,10-13H2,1-4H3,(H,20,22)(H,21,23). The van der Waals surface area contributed by atoms with E-state index in [9.17, 15) is 9.59 Å². The van der Waals surface area contributed by atoms with Gasteiger partial charge in [-0.25, -0.2) is 9.59 Å². The lowest BCUT2D eigenvalue weighted by molar-refractivity contribution is -0.0141. The highest BCUT2D eigenvalue weighted by atomic mass is 28.4. The summed E-state index contributed by atoms with van der Waals surface area (Å²) >= 11 is 0. The summed E-state index contributed by atoms with van der Waals surface area (Å²) in [5.74, 6) is 0.168. The lowest BCUT2D eigenvalue weighted by Gasteiger charge is -2.28. The Morgan fingerprint density at radius 3 is 1.83 bits per heavy atom. The molecule has 9 nitrogen and oxygen atoms in total. The van der Waals surface area contributed by atoms with Crippen LogP contribution in [0.4, 0.5) is 9.59 Å². The molecule has 2 rings (SSSR count). The van der Waals surface area contributed by atoms with Crippen LogP contribution >= 0.6 is 0 Å². The van der Waals surface area contributed by atoms with Gasteiger partial charge in [0.25, 0.3) is 0 Å². The molecule has 2 amide bonds. The molecule has 2 aliphatic carbocycles. The number of ether oxygens (including phenoxy) is 2. The number of hydrogen-bond acceptors (Lipinski definition) is 7. The second kappa shape index (κ2) is 11.5. The topological polar surface area (TPSA) is 104 Å². The van der Waals surface area contributed by atoms with Crippen LogP contribution in [0.15, 0.2) is 12.2 Å². The summed E-state index contributed by atoms with van der Waals surface area (Å²) in [4.78, 5) is 24.3. The van der Waals surface area contributed by atoms with Gasteiger partial charge in [-0.3, -0.25) is 0 Å². The molecule has 0 heterocycles. The van der Waals surface area contributed by atoms with Gasteiger partial charge in [-0.05, 0) is 19.3 Å². The van der Waals surface area contributed by atoms with Crippen molar-refractivity contribution < 1.29 is 32.3 Å². The van der Waals surface area contributed by atoms with Gasteiger partial charge < -0.3 is 33.4 Å². The van der Waals surface area contributed by atoms with Gasteiger partial charge >= 0.3 is 21.0 Å². The van der Waals surface area contributed by atoms with Gasteiger partial charge in [0.05, 0.1) is 0 Å². The van der Waals surface area contributed by atoms with Crippen LogP contribution in [0, 0.1) is 11.8 Å². The summed E-state index contributed by atoms with van der Waals surface area (Å²) in [7, 11) is 2.03. The molecule has 2 bridgehead atoms. The molecule has 166 valence electrons. The van der Waals surface area contributed by atoms with Crippen molar-refractivity contribution in [3.05, 3.63) is 12.2 Å². The third-order valence-corrected chi connectivity index (χ3v) is 8.30. The molecule has 10 heteroatoms. The summed E-state index contributed by atoms with van der Waals surface area (Å²) in [5, 5.41) is 5.49. The summed E-state index contributed by atoms with van der Waals surface area (Å²) in [6, 6.07) is 0.581. The number of carbonyl (C=O) groups is 2. The molecule has 1 fully saturated rings. The molecule has 2 N–H and O–H groups in total. The normalized spacial score (nSPS) is 25.1. The Morgan fingerprint density at radius 1 is 0.897 bits per heavy atom. The Hall–Kier alpha value is -1.62. The van der Waals surface area contributed by atoms with Crippen molar-refractivity contribution in [1.29, 1.82) is 0 Å². The van der Waals surface area contributed by atoms with Gasteiger partial charge in [-0.2, -0.15) is 0 Å². The lowest BCUT2D eigenvalue weighted by Crippen LogP contribution is -2.44. The number of unbranched alkanes of at least 4 members (excludes halogenated alkanes) is 1. The monoisotopic (exact) mass is 430 g/mol. The van der Waals surface area contributed by atoms with Crippen LogP contribution < -0.4 is 10.6 Å². The van der Waals surface area contributed by atoms with E-state index in [-0.39, 0.29) is 11.8 Å². The van der Waals surface area contributed by atoms with E-state index in [1.807, 2.05) is 12.2 Å². The molecule has 0 aromatic carbocycles. The van der Waals surface area contributed by atoms with Gasteiger partial charge in [0.15, 0.2) is 0 Å². The van der Waals surface area contributed by atoms with E-state index in [1.165, 1.54) is 0 Å². The van der Waals surface area contributed by atoms with Crippen molar-refractivity contribution in [3.63, 3.8) is 0 Å². The zero-order chi connectivity index (χ0) is 21.3. The first-order valence-corrected chi connectivity index (χ1v) is 12.1. The molecule has 0 aromatic rings. The predicted octanol–water partition coefficient (Wildman–Crippen LogP) is 2.45. The SMILES string of the molecule is CCCCNC(=O)OC1C2C=CC(C2)C1OC(=O)NCCC[Si](OC)(OC)OC. The highest BCUT2D eigenvalue weighted by Crippen LogP contribution is 2.42. The number of nitrogens with one attached hydrogen (secondary N) is 2. The van der Waals surface area contributed by atoms with Crippen LogP contribution in [-0.2, 0) is 22.8 Å². The molecule has 0 radical (unpaired) electrons. The van der Waals surface area contributed by atoms with Gasteiger partial charge in [0.1, 0.15) is 12.2 Å². The number of fused-ring (bicyclic) bond motifs is 2. The number of carbonyl (C=O) groups excluding carboxylic acids is 2. The molecule has 0 saturated heterocycles. The maximum Gasteiger partial charge on any atom is 0.500 e. The van der Waals surface area contributed by atoms with Crippen LogP contribution in [0.25, 0.3) is 0 Å². The lowest BCUT2D eigenvalue weighted by atomic mass is 10.0. The Kier molecular flexibility index (Phi) is 9.41. The van der Waals surface area contributed by atoms with Crippen molar-refractivity contribution >= 4 is 21.0 Å². The van der Waals surface area contributed by atoms with Gasteiger partial charge in [-0.15, -0.1) is 0 Å². The number of amides is 2. The fourth-order valence-electron chi connectivity index (χ4n) is 3.79. The van der Waals surface area contributed by atoms with Crippen molar-refractivity contribution in [3.8, 4) is 0 Å². The molecule has 2 aliphatic rings. The van der Waals surface area contributed by atoms with E-state index in [4.69, 9.17) is 22.8 Å². The van der Waals surface area contributed by atoms with Crippen molar-refractivity contribution in [2.75, 3.05) is 34.4 Å². The van der Waals surface area contributed by atoms with E-state index in [0.29, 0.717) is 25.6 Å². The van der Waals surface area contributed by atoms with E-state index < -0.39 is 33.2 Å². The Morgan fingerprint density at radius 2 is 1.38 bits per heavy atom. The van der Waals surface area contributed by atoms with E-state index >= 15 is 0 Å². The van der Waals surface area contributed by atoms with E-state index in [0.717, 1.165) is 19.3 Å². The first-order valence-electron chi connectivity index (χ1n) is 10.2. The fraction of sp³-hybridized carbons (Fsp3) is 0.789. The summed E-state index contributed by atoms with van der Waals surface area (Å²) < 4.78 is 27.3. The highest BCUT2D eigenvalue weighted by molar-refractivity contribution is 6.60.